The van der Waals surface area contributed by atoms with Crippen LogP contribution in [-0.4, -0.2) is 37.8 Å². The third-order valence-electron chi connectivity index (χ3n) is 3.24. The molecule has 1 aromatic rings. The van der Waals surface area contributed by atoms with Crippen molar-refractivity contribution in [3.63, 3.8) is 0 Å². The zero-order valence-electron chi connectivity index (χ0n) is 12.1. The van der Waals surface area contributed by atoms with Crippen LogP contribution in [0.15, 0.2) is 21.5 Å². The molecule has 120 valence electrons. The molecule has 1 aromatic carbocycles. The summed E-state index contributed by atoms with van der Waals surface area (Å²) in [5.74, 6) is -0.0221. The van der Waals surface area contributed by atoms with Crippen molar-refractivity contribution in [3.8, 4) is 0 Å². The van der Waals surface area contributed by atoms with Crippen LogP contribution in [0.3, 0.4) is 0 Å². The summed E-state index contributed by atoms with van der Waals surface area (Å²) in [7, 11) is -2.42. The molecule has 8 heteroatoms. The molecule has 0 radical (unpaired) electrons. The molecule has 0 aliphatic heterocycles. The fourth-order valence-electron chi connectivity index (χ4n) is 1.77. The van der Waals surface area contributed by atoms with Crippen LogP contribution in [0, 0.1) is 5.82 Å². The lowest BCUT2D eigenvalue weighted by molar-refractivity contribution is 0.379. The topological polar surface area (TPSA) is 37.4 Å². The molecule has 0 saturated carbocycles. The lowest BCUT2D eigenvalue weighted by atomic mass is 10.2. The Labute approximate surface area is 143 Å². The highest BCUT2D eigenvalue weighted by molar-refractivity contribution is 9.10. The lowest BCUT2D eigenvalue weighted by Gasteiger charge is -2.24. The van der Waals surface area contributed by atoms with Crippen LogP contribution in [0.1, 0.15) is 18.9 Å². The number of nitrogens with zero attached hydrogens (tertiary/aromatic N) is 1. The molecule has 1 rings (SSSR count). The van der Waals surface area contributed by atoms with Crippen molar-refractivity contribution < 1.29 is 12.8 Å². The second kappa shape index (κ2) is 8.15. The first-order valence-electron chi connectivity index (χ1n) is 6.26. The second-order valence-electron chi connectivity index (χ2n) is 4.66. The van der Waals surface area contributed by atoms with Crippen LogP contribution in [0.5, 0.6) is 0 Å². The maximum atomic E-state index is 14.3. The molecule has 21 heavy (non-hydrogen) atoms. The summed E-state index contributed by atoms with van der Waals surface area (Å²) >= 11 is 10.5. The van der Waals surface area contributed by atoms with E-state index in [-0.39, 0.29) is 22.4 Å². The van der Waals surface area contributed by atoms with E-state index in [1.165, 1.54) is 23.5 Å². The van der Waals surface area contributed by atoms with E-state index in [0.717, 1.165) is 5.75 Å². The van der Waals surface area contributed by atoms with Crippen molar-refractivity contribution in [2.75, 3.05) is 19.1 Å². The van der Waals surface area contributed by atoms with Crippen molar-refractivity contribution in [2.45, 2.75) is 30.2 Å². The van der Waals surface area contributed by atoms with Gasteiger partial charge in [0.05, 0.1) is 5.88 Å². The Morgan fingerprint density at radius 2 is 2.10 bits per heavy atom. The Hall–Kier alpha value is 0.180. The van der Waals surface area contributed by atoms with E-state index in [4.69, 9.17) is 11.6 Å². The van der Waals surface area contributed by atoms with E-state index in [1.807, 2.05) is 13.2 Å². The Bertz CT molecular complexity index is 598. The summed E-state index contributed by atoms with van der Waals surface area (Å²) in [6.07, 6.45) is 2.66. The van der Waals surface area contributed by atoms with Crippen LogP contribution >= 0.6 is 39.3 Å². The van der Waals surface area contributed by atoms with Gasteiger partial charge in [-0.15, -0.1) is 11.6 Å². The average molecular weight is 419 g/mol. The maximum Gasteiger partial charge on any atom is 0.246 e. The minimum absolute atomic E-state index is 0.0838. The van der Waals surface area contributed by atoms with Gasteiger partial charge in [-0.05, 0) is 37.5 Å². The molecular formula is C13H18BrClFNO2S2. The van der Waals surface area contributed by atoms with Gasteiger partial charge in [0.1, 0.15) is 10.7 Å². The monoisotopic (exact) mass is 417 g/mol. The molecular weight excluding hydrogens is 401 g/mol. The van der Waals surface area contributed by atoms with Gasteiger partial charge in [-0.1, -0.05) is 15.9 Å². The van der Waals surface area contributed by atoms with E-state index in [2.05, 4.69) is 15.9 Å². The van der Waals surface area contributed by atoms with E-state index in [0.29, 0.717) is 10.9 Å². The summed E-state index contributed by atoms with van der Waals surface area (Å²) < 4.78 is 41.2. The standard InChI is InChI=1S/C13H18BrClFNO2S2/c1-9(4-5-20-3)17(2)21(18,19)12-7-11(14)6-10(8-15)13(12)16/h6-7,9H,4-5,8H2,1-3H3. The van der Waals surface area contributed by atoms with Crippen LogP contribution in [0.25, 0.3) is 0 Å². The largest absolute Gasteiger partial charge is 0.246 e. The summed E-state index contributed by atoms with van der Waals surface area (Å²) in [5, 5.41) is 0. The first-order chi connectivity index (χ1) is 9.75. The lowest BCUT2D eigenvalue weighted by Crippen LogP contribution is -2.36. The minimum Gasteiger partial charge on any atom is -0.207 e. The van der Waals surface area contributed by atoms with E-state index in [1.54, 1.807) is 11.8 Å². The molecule has 3 nitrogen and oxygen atoms in total. The predicted molar refractivity (Wildman–Crippen MR) is 91.1 cm³/mol. The minimum atomic E-state index is -3.89. The number of rotatable bonds is 7. The number of hydrogen-bond acceptors (Lipinski definition) is 3. The average Bonchev–Trinajstić information content (AvgIpc) is 2.45. The van der Waals surface area contributed by atoms with Gasteiger partial charge in [-0.3, -0.25) is 0 Å². The number of alkyl halides is 1. The molecule has 0 N–H and O–H groups in total. The fourth-order valence-corrected chi connectivity index (χ4v) is 4.72. The summed E-state index contributed by atoms with van der Waals surface area (Å²) in [4.78, 5) is -0.342. The van der Waals surface area contributed by atoms with Crippen LogP contribution < -0.4 is 0 Å². The molecule has 0 aliphatic carbocycles. The molecule has 0 saturated heterocycles. The number of hydrogen-bond donors (Lipinski definition) is 0. The molecule has 1 unspecified atom stereocenters. The van der Waals surface area contributed by atoms with Crippen molar-refractivity contribution in [2.24, 2.45) is 0 Å². The van der Waals surface area contributed by atoms with Gasteiger partial charge < -0.3 is 0 Å². The van der Waals surface area contributed by atoms with E-state index >= 15 is 0 Å². The third-order valence-corrected chi connectivity index (χ3v) is 6.60. The Balaban J connectivity index is 3.21. The SMILES string of the molecule is CSCCC(C)N(C)S(=O)(=O)c1cc(Br)cc(CCl)c1F. The van der Waals surface area contributed by atoms with Gasteiger partial charge in [-0.2, -0.15) is 16.1 Å². The molecule has 0 aromatic heterocycles. The summed E-state index contributed by atoms with van der Waals surface area (Å²) in [6, 6.07) is 2.55. The molecule has 0 bridgehead atoms. The number of halogens is 3. The van der Waals surface area contributed by atoms with E-state index < -0.39 is 15.8 Å². The number of benzene rings is 1. The van der Waals surface area contributed by atoms with Gasteiger partial charge in [-0.25, -0.2) is 12.8 Å². The van der Waals surface area contributed by atoms with E-state index in [9.17, 15) is 12.8 Å². The normalized spacial score (nSPS) is 13.7. The first-order valence-corrected chi connectivity index (χ1v) is 10.4. The summed E-state index contributed by atoms with van der Waals surface area (Å²) in [6.45, 7) is 1.81. The second-order valence-corrected chi connectivity index (χ2v) is 8.80. The Morgan fingerprint density at radius 1 is 1.48 bits per heavy atom. The number of thioether (sulfide) groups is 1. The van der Waals surface area contributed by atoms with Crippen molar-refractivity contribution in [3.05, 3.63) is 28.0 Å². The molecule has 1 atom stereocenters. The van der Waals surface area contributed by atoms with Crippen LogP contribution in [0.4, 0.5) is 4.39 Å². The van der Waals surface area contributed by atoms with Crippen molar-refractivity contribution >= 4 is 49.3 Å². The Morgan fingerprint density at radius 3 is 2.62 bits per heavy atom. The van der Waals surface area contributed by atoms with Gasteiger partial charge >= 0.3 is 0 Å². The molecule has 0 aliphatic rings. The highest BCUT2D eigenvalue weighted by Crippen LogP contribution is 2.28. The van der Waals surface area contributed by atoms with Gasteiger partial charge in [0.25, 0.3) is 0 Å². The van der Waals surface area contributed by atoms with Gasteiger partial charge in [0.15, 0.2) is 0 Å². The van der Waals surface area contributed by atoms with Crippen molar-refractivity contribution in [1.82, 2.24) is 4.31 Å². The van der Waals surface area contributed by atoms with Gasteiger partial charge in [0, 0.05) is 23.1 Å². The zero-order valence-corrected chi connectivity index (χ0v) is 16.0. The summed E-state index contributed by atoms with van der Waals surface area (Å²) in [5.41, 5.74) is 0.162. The smallest absolute Gasteiger partial charge is 0.207 e. The predicted octanol–water partition coefficient (Wildman–Crippen LogP) is 4.09. The van der Waals surface area contributed by atoms with Gasteiger partial charge in [0.2, 0.25) is 10.0 Å². The quantitative estimate of drug-likeness (QED) is 0.626. The van der Waals surface area contributed by atoms with Crippen LogP contribution in [-0.2, 0) is 15.9 Å². The molecule has 0 amide bonds. The zero-order chi connectivity index (χ0) is 16.2. The fraction of sp³-hybridized carbons (Fsp3) is 0.538. The highest BCUT2D eigenvalue weighted by atomic mass is 79.9. The molecule has 0 fully saturated rings. The highest BCUT2D eigenvalue weighted by Gasteiger charge is 2.29. The van der Waals surface area contributed by atoms with Crippen molar-refractivity contribution in [1.29, 1.82) is 0 Å². The molecule has 0 spiro atoms. The third kappa shape index (κ3) is 4.58. The number of sulfonamides is 1. The first kappa shape index (κ1) is 19.2. The van der Waals surface area contributed by atoms with Crippen LogP contribution in [0.2, 0.25) is 0 Å². The molecule has 0 heterocycles. The maximum absolute atomic E-state index is 14.3. The Kier molecular flexibility index (Phi) is 7.46.